The van der Waals surface area contributed by atoms with E-state index in [-0.39, 0.29) is 11.4 Å². The molecule has 0 bridgehead atoms. The van der Waals surface area contributed by atoms with E-state index < -0.39 is 16.0 Å². The Morgan fingerprint density at radius 2 is 2.11 bits per heavy atom. The molecule has 0 aliphatic carbocycles. The fraction of sp³-hybridized carbons (Fsp3) is 0.462. The Labute approximate surface area is 114 Å². The first-order valence-electron chi connectivity index (χ1n) is 6.17. The van der Waals surface area contributed by atoms with Crippen molar-refractivity contribution in [1.29, 1.82) is 0 Å². The van der Waals surface area contributed by atoms with Crippen LogP contribution in [0.3, 0.4) is 0 Å². The minimum absolute atomic E-state index is 0.147. The molecule has 1 aromatic rings. The molecule has 6 heteroatoms. The van der Waals surface area contributed by atoms with Crippen molar-refractivity contribution < 1.29 is 17.9 Å². The lowest BCUT2D eigenvalue weighted by molar-refractivity contribution is -0.142. The zero-order valence-electron chi connectivity index (χ0n) is 11.2. The molecule has 1 rings (SSSR count). The van der Waals surface area contributed by atoms with E-state index in [2.05, 4.69) is 4.72 Å². The molecule has 5 nitrogen and oxygen atoms in total. The molecule has 0 radical (unpaired) electrons. The molecule has 0 saturated heterocycles. The van der Waals surface area contributed by atoms with Crippen LogP contribution in [0.5, 0.6) is 0 Å². The van der Waals surface area contributed by atoms with Crippen molar-refractivity contribution in [2.45, 2.75) is 31.6 Å². The lowest BCUT2D eigenvalue weighted by atomic mass is 10.2. The number of carbonyl (C=O) groups excluding carboxylic acids is 1. The summed E-state index contributed by atoms with van der Waals surface area (Å²) < 4.78 is 30.9. The summed E-state index contributed by atoms with van der Waals surface area (Å²) in [6.07, 6.45) is 1.69. The molecule has 1 aromatic carbocycles. The molecule has 0 unspecified atom stereocenters. The maximum Gasteiger partial charge on any atom is 0.321 e. The molecule has 0 aliphatic heterocycles. The molecular weight excluding hydrogens is 266 g/mol. The van der Waals surface area contributed by atoms with Gasteiger partial charge in [-0.25, -0.2) is 8.42 Å². The number of rotatable bonds is 7. The first kappa shape index (κ1) is 15.7. The van der Waals surface area contributed by atoms with Crippen molar-refractivity contribution in [3.05, 3.63) is 29.8 Å². The molecule has 0 aliphatic rings. The van der Waals surface area contributed by atoms with Gasteiger partial charge < -0.3 is 4.74 Å². The van der Waals surface area contributed by atoms with E-state index >= 15 is 0 Å². The summed E-state index contributed by atoms with van der Waals surface area (Å²) in [6.45, 7) is 3.76. The van der Waals surface area contributed by atoms with Crippen LogP contribution in [0.25, 0.3) is 0 Å². The maximum atomic E-state index is 11.9. The SMILES string of the molecule is CCCCOC(=O)CNS(=O)(=O)c1cccc(C)c1. The summed E-state index contributed by atoms with van der Waals surface area (Å²) in [6, 6.07) is 6.49. The Kier molecular flexibility index (Phi) is 5.98. The van der Waals surface area contributed by atoms with E-state index in [4.69, 9.17) is 4.74 Å². The second-order valence-corrected chi connectivity index (χ2v) is 5.98. The number of hydrogen-bond donors (Lipinski definition) is 1. The highest BCUT2D eigenvalue weighted by molar-refractivity contribution is 7.89. The van der Waals surface area contributed by atoms with Gasteiger partial charge in [-0.2, -0.15) is 4.72 Å². The van der Waals surface area contributed by atoms with Gasteiger partial charge in [-0.05, 0) is 31.0 Å². The quantitative estimate of drug-likeness (QED) is 0.610. The molecule has 1 N–H and O–H groups in total. The van der Waals surface area contributed by atoms with Gasteiger partial charge in [0.15, 0.2) is 0 Å². The molecular formula is C13H19NO4S. The predicted octanol–water partition coefficient (Wildman–Crippen LogP) is 1.62. The first-order chi connectivity index (χ1) is 8.95. The van der Waals surface area contributed by atoms with Crippen LogP contribution >= 0.6 is 0 Å². The number of hydrogen-bond acceptors (Lipinski definition) is 4. The van der Waals surface area contributed by atoms with Gasteiger partial charge in [0.05, 0.1) is 11.5 Å². The lowest BCUT2D eigenvalue weighted by Crippen LogP contribution is -2.30. The van der Waals surface area contributed by atoms with Crippen molar-refractivity contribution in [3.8, 4) is 0 Å². The Morgan fingerprint density at radius 1 is 1.37 bits per heavy atom. The number of ether oxygens (including phenoxy) is 1. The molecule has 0 heterocycles. The number of esters is 1. The van der Waals surface area contributed by atoms with Crippen LogP contribution in [0.2, 0.25) is 0 Å². The summed E-state index contributed by atoms with van der Waals surface area (Å²) in [4.78, 5) is 11.5. The predicted molar refractivity (Wildman–Crippen MR) is 72.2 cm³/mol. The zero-order chi connectivity index (χ0) is 14.3. The van der Waals surface area contributed by atoms with Crippen molar-refractivity contribution >= 4 is 16.0 Å². The van der Waals surface area contributed by atoms with E-state index in [1.807, 2.05) is 6.92 Å². The lowest BCUT2D eigenvalue weighted by Gasteiger charge is -2.07. The Morgan fingerprint density at radius 3 is 2.74 bits per heavy atom. The summed E-state index contributed by atoms with van der Waals surface area (Å²) in [5.74, 6) is -0.565. The molecule has 0 amide bonds. The fourth-order valence-electron chi connectivity index (χ4n) is 1.40. The van der Waals surface area contributed by atoms with E-state index in [1.165, 1.54) is 6.07 Å². The van der Waals surface area contributed by atoms with Gasteiger partial charge in [0.1, 0.15) is 6.54 Å². The van der Waals surface area contributed by atoms with E-state index in [0.717, 1.165) is 18.4 Å². The van der Waals surface area contributed by atoms with E-state index in [9.17, 15) is 13.2 Å². The van der Waals surface area contributed by atoms with Crippen LogP contribution < -0.4 is 4.72 Å². The van der Waals surface area contributed by atoms with Crippen LogP contribution in [0.4, 0.5) is 0 Å². The smallest absolute Gasteiger partial charge is 0.321 e. The first-order valence-corrected chi connectivity index (χ1v) is 7.66. The topological polar surface area (TPSA) is 72.5 Å². The summed E-state index contributed by atoms with van der Waals surface area (Å²) in [7, 11) is -3.66. The summed E-state index contributed by atoms with van der Waals surface area (Å²) in [5.41, 5.74) is 0.841. The monoisotopic (exact) mass is 285 g/mol. The molecule has 0 saturated carbocycles. The molecule has 0 atom stereocenters. The Bertz CT molecular complexity index is 525. The summed E-state index contributed by atoms with van der Waals surface area (Å²) in [5, 5.41) is 0. The van der Waals surface area contributed by atoms with Gasteiger partial charge in [-0.15, -0.1) is 0 Å². The van der Waals surface area contributed by atoms with Crippen molar-refractivity contribution in [2.24, 2.45) is 0 Å². The highest BCUT2D eigenvalue weighted by Crippen LogP contribution is 2.10. The average Bonchev–Trinajstić information content (AvgIpc) is 2.37. The molecule has 0 spiro atoms. The second-order valence-electron chi connectivity index (χ2n) is 4.22. The van der Waals surface area contributed by atoms with Crippen LogP contribution in [-0.4, -0.2) is 27.5 Å². The third-order valence-electron chi connectivity index (χ3n) is 2.47. The number of carbonyl (C=O) groups is 1. The standard InChI is InChI=1S/C13H19NO4S/c1-3-4-8-18-13(15)10-14-19(16,17)12-7-5-6-11(2)9-12/h5-7,9,14H,3-4,8,10H2,1-2H3. The highest BCUT2D eigenvalue weighted by Gasteiger charge is 2.15. The van der Waals surface area contributed by atoms with Gasteiger partial charge in [0, 0.05) is 0 Å². The minimum Gasteiger partial charge on any atom is -0.465 e. The third kappa shape index (κ3) is 5.40. The van der Waals surface area contributed by atoms with Gasteiger partial charge in [0.25, 0.3) is 0 Å². The van der Waals surface area contributed by atoms with Crippen LogP contribution in [-0.2, 0) is 19.6 Å². The maximum absolute atomic E-state index is 11.9. The van der Waals surface area contributed by atoms with Crippen LogP contribution in [0.15, 0.2) is 29.2 Å². The minimum atomic E-state index is -3.66. The largest absolute Gasteiger partial charge is 0.465 e. The zero-order valence-corrected chi connectivity index (χ0v) is 12.0. The van der Waals surface area contributed by atoms with E-state index in [1.54, 1.807) is 25.1 Å². The normalized spacial score (nSPS) is 11.3. The molecule has 0 aromatic heterocycles. The number of nitrogens with one attached hydrogen (secondary N) is 1. The highest BCUT2D eigenvalue weighted by atomic mass is 32.2. The summed E-state index contributed by atoms with van der Waals surface area (Å²) >= 11 is 0. The van der Waals surface area contributed by atoms with Crippen molar-refractivity contribution in [3.63, 3.8) is 0 Å². The number of aryl methyl sites for hydroxylation is 1. The van der Waals surface area contributed by atoms with Crippen LogP contribution in [0.1, 0.15) is 25.3 Å². The number of unbranched alkanes of at least 4 members (excludes halogenated alkanes) is 1. The van der Waals surface area contributed by atoms with Gasteiger partial charge in [-0.1, -0.05) is 25.5 Å². The van der Waals surface area contributed by atoms with Crippen LogP contribution in [0, 0.1) is 6.92 Å². The second kappa shape index (κ2) is 7.25. The third-order valence-corrected chi connectivity index (χ3v) is 3.87. The molecule has 106 valence electrons. The Balaban J connectivity index is 2.54. The number of benzene rings is 1. The fourth-order valence-corrected chi connectivity index (χ4v) is 2.47. The van der Waals surface area contributed by atoms with Crippen molar-refractivity contribution in [2.75, 3.05) is 13.2 Å². The van der Waals surface area contributed by atoms with E-state index in [0.29, 0.717) is 6.61 Å². The average molecular weight is 285 g/mol. The van der Waals surface area contributed by atoms with Gasteiger partial charge in [-0.3, -0.25) is 4.79 Å². The molecule has 0 fully saturated rings. The molecule has 19 heavy (non-hydrogen) atoms. The van der Waals surface area contributed by atoms with Gasteiger partial charge >= 0.3 is 5.97 Å². The Hall–Kier alpha value is -1.40. The van der Waals surface area contributed by atoms with Gasteiger partial charge in [0.2, 0.25) is 10.0 Å². The number of sulfonamides is 1. The van der Waals surface area contributed by atoms with Crippen molar-refractivity contribution in [1.82, 2.24) is 4.72 Å².